The summed E-state index contributed by atoms with van der Waals surface area (Å²) >= 11 is 0. The number of aliphatic carboxylic acids is 1. The molecule has 2 heterocycles. The lowest BCUT2D eigenvalue weighted by molar-refractivity contribution is -0.146. The number of carboxylic acids is 1. The third kappa shape index (κ3) is 2.82. The Morgan fingerprint density at radius 1 is 1.12 bits per heavy atom. The molecule has 0 aliphatic carbocycles. The smallest absolute Gasteiger partial charge is 0.310 e. The van der Waals surface area contributed by atoms with E-state index >= 15 is 0 Å². The van der Waals surface area contributed by atoms with Crippen molar-refractivity contribution in [2.75, 3.05) is 14.2 Å². The Kier molecular flexibility index (Phi) is 4.44. The van der Waals surface area contributed by atoms with Gasteiger partial charge in [0, 0.05) is 6.54 Å². The van der Waals surface area contributed by atoms with Crippen molar-refractivity contribution in [3.05, 3.63) is 35.9 Å². The van der Waals surface area contributed by atoms with Crippen molar-refractivity contribution in [1.82, 2.24) is 5.32 Å². The molecular formula is C17H19NO6. The van der Waals surface area contributed by atoms with Crippen LogP contribution in [0.5, 0.6) is 11.5 Å². The molecule has 2 N–H and O–H groups in total. The number of amides is 1. The van der Waals surface area contributed by atoms with Gasteiger partial charge in [-0.15, -0.1) is 0 Å². The summed E-state index contributed by atoms with van der Waals surface area (Å²) in [7, 11) is 3.09. The number of benzene rings is 1. The molecule has 0 saturated carbocycles. The normalized spacial score (nSPS) is 27.1. The molecule has 1 saturated heterocycles. The molecule has 7 heteroatoms. The van der Waals surface area contributed by atoms with Crippen molar-refractivity contribution in [3.63, 3.8) is 0 Å². The van der Waals surface area contributed by atoms with Crippen LogP contribution in [0, 0.1) is 11.8 Å². The zero-order chi connectivity index (χ0) is 17.3. The van der Waals surface area contributed by atoms with Crippen LogP contribution in [0.1, 0.15) is 5.56 Å². The second-order valence-electron chi connectivity index (χ2n) is 5.75. The first kappa shape index (κ1) is 16.3. The molecule has 1 aromatic carbocycles. The van der Waals surface area contributed by atoms with Gasteiger partial charge in [-0.25, -0.2) is 0 Å². The van der Waals surface area contributed by atoms with Crippen LogP contribution in [0.4, 0.5) is 0 Å². The molecule has 1 aromatic rings. The third-order valence-corrected chi connectivity index (χ3v) is 4.40. The summed E-state index contributed by atoms with van der Waals surface area (Å²) in [6, 6.07) is 5.34. The SMILES string of the molecule is COc1ccc(CNC(=O)[C@@H]2[C@@H](C(=O)O)[C@@H]3C=C[C@H]2O3)cc1OC. The molecule has 1 fully saturated rings. The molecule has 3 rings (SSSR count). The third-order valence-electron chi connectivity index (χ3n) is 4.40. The first-order valence-electron chi connectivity index (χ1n) is 7.60. The standard InChI is InChI=1S/C17H19NO6/c1-22-10-4-3-9(7-13(10)23-2)8-18-16(19)14-11-5-6-12(24-11)15(14)17(20)21/h3-7,11-12,14-15H,8H2,1-2H3,(H,18,19)(H,20,21)/t11-,12+,14+,15+/m1/s1. The van der Waals surface area contributed by atoms with E-state index in [0.717, 1.165) is 5.56 Å². The topological polar surface area (TPSA) is 94.1 Å². The highest BCUT2D eigenvalue weighted by Crippen LogP contribution is 2.39. The van der Waals surface area contributed by atoms with Gasteiger partial charge in [0.25, 0.3) is 0 Å². The molecule has 0 aromatic heterocycles. The van der Waals surface area contributed by atoms with Crippen LogP contribution >= 0.6 is 0 Å². The lowest BCUT2D eigenvalue weighted by atomic mass is 9.82. The largest absolute Gasteiger partial charge is 0.493 e. The number of fused-ring (bicyclic) bond motifs is 2. The fourth-order valence-electron chi connectivity index (χ4n) is 3.21. The zero-order valence-corrected chi connectivity index (χ0v) is 13.4. The maximum absolute atomic E-state index is 12.5. The van der Waals surface area contributed by atoms with Crippen LogP contribution in [0.25, 0.3) is 0 Å². The molecule has 0 spiro atoms. The van der Waals surface area contributed by atoms with Gasteiger partial charge in [-0.2, -0.15) is 0 Å². The Morgan fingerprint density at radius 2 is 1.79 bits per heavy atom. The molecule has 7 nitrogen and oxygen atoms in total. The van der Waals surface area contributed by atoms with E-state index in [1.54, 1.807) is 31.4 Å². The average Bonchev–Trinajstić information content (AvgIpc) is 3.20. The predicted octanol–water partition coefficient (Wildman–Crippen LogP) is 0.974. The maximum atomic E-state index is 12.5. The van der Waals surface area contributed by atoms with Crippen LogP contribution in [-0.4, -0.2) is 43.4 Å². The zero-order valence-electron chi connectivity index (χ0n) is 13.4. The van der Waals surface area contributed by atoms with Crippen molar-refractivity contribution < 1.29 is 28.9 Å². The van der Waals surface area contributed by atoms with E-state index in [1.165, 1.54) is 7.11 Å². The average molecular weight is 333 g/mol. The van der Waals surface area contributed by atoms with Gasteiger partial charge in [0.1, 0.15) is 5.92 Å². The van der Waals surface area contributed by atoms with Gasteiger partial charge in [-0.1, -0.05) is 18.2 Å². The van der Waals surface area contributed by atoms with E-state index < -0.39 is 30.0 Å². The van der Waals surface area contributed by atoms with Crippen molar-refractivity contribution in [2.24, 2.45) is 11.8 Å². The first-order chi connectivity index (χ1) is 11.5. The highest BCUT2D eigenvalue weighted by Gasteiger charge is 2.53. The van der Waals surface area contributed by atoms with Crippen LogP contribution in [0.15, 0.2) is 30.4 Å². The molecular weight excluding hydrogens is 314 g/mol. The summed E-state index contributed by atoms with van der Waals surface area (Å²) in [5.74, 6) is -1.72. The van der Waals surface area contributed by atoms with Crippen molar-refractivity contribution in [2.45, 2.75) is 18.8 Å². The number of methoxy groups -OCH3 is 2. The van der Waals surface area contributed by atoms with Gasteiger partial charge in [0.15, 0.2) is 11.5 Å². The molecule has 128 valence electrons. The fourth-order valence-corrected chi connectivity index (χ4v) is 3.21. The van der Waals surface area contributed by atoms with Gasteiger partial charge in [-0.05, 0) is 17.7 Å². The number of hydrogen-bond donors (Lipinski definition) is 2. The number of rotatable bonds is 6. The Labute approximate surface area is 139 Å². The van der Waals surface area contributed by atoms with Crippen LogP contribution < -0.4 is 14.8 Å². The van der Waals surface area contributed by atoms with Crippen LogP contribution in [0.3, 0.4) is 0 Å². The molecule has 0 unspecified atom stereocenters. The van der Waals surface area contributed by atoms with Gasteiger partial charge in [0.2, 0.25) is 5.91 Å². The second kappa shape index (κ2) is 6.52. The lowest BCUT2D eigenvalue weighted by Gasteiger charge is -2.21. The van der Waals surface area contributed by atoms with Crippen molar-refractivity contribution in [1.29, 1.82) is 0 Å². The fraction of sp³-hybridized carbons (Fsp3) is 0.412. The van der Waals surface area contributed by atoms with E-state index in [1.807, 2.05) is 6.07 Å². The van der Waals surface area contributed by atoms with E-state index in [4.69, 9.17) is 14.2 Å². The Bertz CT molecular complexity index is 686. The quantitative estimate of drug-likeness (QED) is 0.754. The summed E-state index contributed by atoms with van der Waals surface area (Å²) in [4.78, 5) is 23.9. The van der Waals surface area contributed by atoms with Gasteiger partial charge in [-0.3, -0.25) is 9.59 Å². The lowest BCUT2D eigenvalue weighted by Crippen LogP contribution is -2.42. The van der Waals surface area contributed by atoms with E-state index in [9.17, 15) is 14.7 Å². The summed E-state index contributed by atoms with van der Waals surface area (Å²) in [6.07, 6.45) is 2.47. The number of carboxylic acid groups (broad SMARTS) is 1. The van der Waals surface area contributed by atoms with E-state index in [2.05, 4.69) is 5.32 Å². The summed E-state index contributed by atoms with van der Waals surface area (Å²) in [6.45, 7) is 0.267. The Balaban J connectivity index is 1.67. The first-order valence-corrected chi connectivity index (χ1v) is 7.60. The van der Waals surface area contributed by atoms with E-state index in [-0.39, 0.29) is 12.5 Å². The monoisotopic (exact) mass is 333 g/mol. The Hall–Kier alpha value is -2.54. The van der Waals surface area contributed by atoms with Crippen molar-refractivity contribution in [3.8, 4) is 11.5 Å². The van der Waals surface area contributed by atoms with Crippen LogP contribution in [0.2, 0.25) is 0 Å². The van der Waals surface area contributed by atoms with Gasteiger partial charge < -0.3 is 24.6 Å². The number of hydrogen-bond acceptors (Lipinski definition) is 5. The number of carbonyl (C=O) groups excluding carboxylic acids is 1. The summed E-state index contributed by atoms with van der Waals surface area (Å²) in [5, 5.41) is 12.1. The summed E-state index contributed by atoms with van der Waals surface area (Å²) < 4.78 is 15.9. The second-order valence-corrected chi connectivity index (χ2v) is 5.75. The minimum Gasteiger partial charge on any atom is -0.493 e. The minimum atomic E-state index is -1.02. The van der Waals surface area contributed by atoms with E-state index in [0.29, 0.717) is 11.5 Å². The maximum Gasteiger partial charge on any atom is 0.310 e. The molecule has 4 atom stereocenters. The number of nitrogens with one attached hydrogen (secondary N) is 1. The highest BCUT2D eigenvalue weighted by atomic mass is 16.5. The Morgan fingerprint density at radius 3 is 2.42 bits per heavy atom. The van der Waals surface area contributed by atoms with Gasteiger partial charge >= 0.3 is 5.97 Å². The van der Waals surface area contributed by atoms with Gasteiger partial charge in [0.05, 0.1) is 32.3 Å². The van der Waals surface area contributed by atoms with Crippen LogP contribution in [-0.2, 0) is 20.9 Å². The number of carbonyl (C=O) groups is 2. The minimum absolute atomic E-state index is 0.267. The molecule has 0 radical (unpaired) electrons. The summed E-state index contributed by atoms with van der Waals surface area (Å²) in [5.41, 5.74) is 0.826. The molecule has 24 heavy (non-hydrogen) atoms. The highest BCUT2D eigenvalue weighted by molar-refractivity contribution is 5.87. The molecule has 2 aliphatic heterocycles. The predicted molar refractivity (Wildman–Crippen MR) is 83.8 cm³/mol. The molecule has 1 amide bonds. The number of ether oxygens (including phenoxy) is 3. The molecule has 2 bridgehead atoms. The molecule has 2 aliphatic rings. The van der Waals surface area contributed by atoms with Crippen molar-refractivity contribution >= 4 is 11.9 Å².